The van der Waals surface area contributed by atoms with Crippen molar-refractivity contribution in [2.24, 2.45) is 0 Å². The minimum atomic E-state index is -0.569. The first-order valence-electron chi connectivity index (χ1n) is 6.00. The lowest BCUT2D eigenvalue weighted by molar-refractivity contribution is 0.0540. The van der Waals surface area contributed by atoms with E-state index in [9.17, 15) is 4.79 Å². The maximum Gasteiger partial charge on any atom is 0.421 e. The fraction of sp³-hybridized carbons (Fsp3) is 0.286. The molecule has 1 aromatic carbocycles. The van der Waals surface area contributed by atoms with Crippen molar-refractivity contribution in [1.82, 2.24) is 9.55 Å². The van der Waals surface area contributed by atoms with E-state index >= 15 is 0 Å². The lowest BCUT2D eigenvalue weighted by Crippen LogP contribution is -2.27. The van der Waals surface area contributed by atoms with Crippen LogP contribution in [0.3, 0.4) is 0 Å². The summed E-state index contributed by atoms with van der Waals surface area (Å²) in [6, 6.07) is 9.52. The van der Waals surface area contributed by atoms with Gasteiger partial charge in [-0.3, -0.25) is 0 Å². The zero-order valence-electron chi connectivity index (χ0n) is 11.3. The molecule has 2 N–H and O–H groups in total. The number of aromatic nitrogens is 2. The molecule has 0 bridgehead atoms. The largest absolute Gasteiger partial charge is 0.443 e. The highest BCUT2D eigenvalue weighted by Gasteiger charge is 2.20. The van der Waals surface area contributed by atoms with Crippen LogP contribution in [0.4, 0.5) is 10.7 Å². The molecule has 5 nitrogen and oxygen atoms in total. The van der Waals surface area contributed by atoms with E-state index in [-0.39, 0.29) is 5.95 Å². The molecule has 0 atom stereocenters. The Hall–Kier alpha value is -2.30. The van der Waals surface area contributed by atoms with E-state index in [0.29, 0.717) is 5.69 Å². The van der Waals surface area contributed by atoms with Gasteiger partial charge in [-0.15, -0.1) is 0 Å². The van der Waals surface area contributed by atoms with E-state index in [0.717, 1.165) is 5.56 Å². The van der Waals surface area contributed by atoms with E-state index in [1.54, 1.807) is 27.0 Å². The molecular weight excluding hydrogens is 242 g/mol. The molecule has 19 heavy (non-hydrogen) atoms. The van der Waals surface area contributed by atoms with Gasteiger partial charge < -0.3 is 10.5 Å². The number of carbonyl (C=O) groups excluding carboxylic acids is 1. The third-order valence-electron chi connectivity index (χ3n) is 2.39. The Morgan fingerprint density at radius 3 is 2.47 bits per heavy atom. The summed E-state index contributed by atoms with van der Waals surface area (Å²) in [7, 11) is 0. The monoisotopic (exact) mass is 259 g/mol. The van der Waals surface area contributed by atoms with Crippen LogP contribution in [0.15, 0.2) is 36.5 Å². The van der Waals surface area contributed by atoms with Gasteiger partial charge in [0.05, 0.1) is 5.69 Å². The lowest BCUT2D eigenvalue weighted by atomic mass is 10.2. The highest BCUT2D eigenvalue weighted by atomic mass is 16.6. The molecule has 0 radical (unpaired) electrons. The molecule has 2 rings (SSSR count). The van der Waals surface area contributed by atoms with Crippen molar-refractivity contribution < 1.29 is 9.53 Å². The van der Waals surface area contributed by atoms with Gasteiger partial charge in [0.2, 0.25) is 5.95 Å². The second-order valence-electron chi connectivity index (χ2n) is 5.20. The number of imidazole rings is 1. The number of nitrogens with zero attached hydrogens (tertiary/aromatic N) is 2. The van der Waals surface area contributed by atoms with E-state index < -0.39 is 11.7 Å². The number of nitrogens with two attached hydrogens (primary N) is 1. The van der Waals surface area contributed by atoms with Crippen LogP contribution >= 0.6 is 0 Å². The molecule has 0 fully saturated rings. The standard InChI is InChI=1S/C14H17N3O2/c1-14(2,3)19-13(18)17-9-11(16-12(17)15)10-7-5-4-6-8-10/h4-9H,1-3H3,(H2,15,16). The lowest BCUT2D eigenvalue weighted by Gasteiger charge is -2.19. The van der Waals surface area contributed by atoms with E-state index in [4.69, 9.17) is 10.5 Å². The van der Waals surface area contributed by atoms with Crippen LogP contribution in [0, 0.1) is 0 Å². The number of hydrogen-bond donors (Lipinski definition) is 1. The Labute approximate surface area is 112 Å². The highest BCUT2D eigenvalue weighted by Crippen LogP contribution is 2.20. The summed E-state index contributed by atoms with van der Waals surface area (Å²) in [5.74, 6) is 0.119. The zero-order valence-corrected chi connectivity index (χ0v) is 11.3. The molecule has 0 aliphatic carbocycles. The fourth-order valence-electron chi connectivity index (χ4n) is 1.60. The number of carbonyl (C=O) groups is 1. The van der Waals surface area contributed by atoms with Gasteiger partial charge in [-0.2, -0.15) is 0 Å². The third-order valence-corrected chi connectivity index (χ3v) is 2.39. The molecule has 1 heterocycles. The Morgan fingerprint density at radius 2 is 1.89 bits per heavy atom. The number of hydrogen-bond acceptors (Lipinski definition) is 4. The van der Waals surface area contributed by atoms with Gasteiger partial charge in [-0.25, -0.2) is 14.3 Å². The molecule has 2 aromatic rings. The number of nitrogen functional groups attached to an aromatic ring is 1. The van der Waals surface area contributed by atoms with Crippen molar-refractivity contribution in [2.75, 3.05) is 5.73 Å². The Balaban J connectivity index is 2.30. The summed E-state index contributed by atoms with van der Waals surface area (Å²) in [6.07, 6.45) is 1.05. The van der Waals surface area contributed by atoms with Crippen LogP contribution in [-0.4, -0.2) is 21.2 Å². The molecule has 0 unspecified atom stereocenters. The number of benzene rings is 1. The predicted molar refractivity (Wildman–Crippen MR) is 73.7 cm³/mol. The van der Waals surface area contributed by atoms with E-state index in [1.165, 1.54) is 4.57 Å². The zero-order chi connectivity index (χ0) is 14.0. The fourth-order valence-corrected chi connectivity index (χ4v) is 1.60. The molecule has 0 aliphatic rings. The van der Waals surface area contributed by atoms with Gasteiger partial charge in [0, 0.05) is 11.8 Å². The molecule has 1 aromatic heterocycles. The second-order valence-corrected chi connectivity index (χ2v) is 5.20. The van der Waals surface area contributed by atoms with Crippen LogP contribution in [0.1, 0.15) is 20.8 Å². The topological polar surface area (TPSA) is 70.1 Å². The number of rotatable bonds is 1. The highest BCUT2D eigenvalue weighted by molar-refractivity contribution is 5.76. The SMILES string of the molecule is CC(C)(C)OC(=O)n1cc(-c2ccccc2)nc1N. The van der Waals surface area contributed by atoms with Crippen molar-refractivity contribution in [3.05, 3.63) is 36.5 Å². The van der Waals surface area contributed by atoms with E-state index in [1.807, 2.05) is 30.3 Å². The summed E-state index contributed by atoms with van der Waals surface area (Å²) in [5, 5.41) is 0. The van der Waals surface area contributed by atoms with Crippen molar-refractivity contribution in [1.29, 1.82) is 0 Å². The van der Waals surface area contributed by atoms with Gasteiger partial charge in [-0.1, -0.05) is 30.3 Å². The van der Waals surface area contributed by atoms with Crippen LogP contribution < -0.4 is 5.73 Å². The van der Waals surface area contributed by atoms with Crippen molar-refractivity contribution in [2.45, 2.75) is 26.4 Å². The maximum atomic E-state index is 11.9. The molecule has 0 aliphatic heterocycles. The van der Waals surface area contributed by atoms with Gasteiger partial charge in [-0.05, 0) is 20.8 Å². The first kappa shape index (κ1) is 13.1. The summed E-state index contributed by atoms with van der Waals surface area (Å²) < 4.78 is 6.47. The Bertz CT molecular complexity index is 582. The van der Waals surface area contributed by atoms with E-state index in [2.05, 4.69) is 4.98 Å². The minimum absolute atomic E-state index is 0.119. The second kappa shape index (κ2) is 4.76. The quantitative estimate of drug-likeness (QED) is 0.854. The number of anilines is 1. The average molecular weight is 259 g/mol. The molecule has 0 spiro atoms. The first-order valence-corrected chi connectivity index (χ1v) is 6.00. The van der Waals surface area contributed by atoms with Crippen LogP contribution in [-0.2, 0) is 4.74 Å². The first-order chi connectivity index (χ1) is 8.87. The van der Waals surface area contributed by atoms with Crippen molar-refractivity contribution >= 4 is 12.0 Å². The molecule has 0 saturated carbocycles. The maximum absolute atomic E-state index is 11.9. The summed E-state index contributed by atoms with van der Waals surface area (Å²) in [4.78, 5) is 16.1. The van der Waals surface area contributed by atoms with Gasteiger partial charge in [0.15, 0.2) is 0 Å². The van der Waals surface area contributed by atoms with Crippen molar-refractivity contribution in [3.63, 3.8) is 0 Å². The predicted octanol–water partition coefficient (Wildman–Crippen LogP) is 2.92. The van der Waals surface area contributed by atoms with Crippen LogP contribution in [0.2, 0.25) is 0 Å². The molecule has 0 saturated heterocycles. The van der Waals surface area contributed by atoms with Crippen LogP contribution in [0.5, 0.6) is 0 Å². The van der Waals surface area contributed by atoms with Crippen molar-refractivity contribution in [3.8, 4) is 11.3 Å². The smallest absolute Gasteiger partial charge is 0.421 e. The Morgan fingerprint density at radius 1 is 1.26 bits per heavy atom. The molecule has 5 heteroatoms. The summed E-state index contributed by atoms with van der Waals surface area (Å²) >= 11 is 0. The molecular formula is C14H17N3O2. The number of ether oxygens (including phenoxy) is 1. The molecule has 100 valence electrons. The van der Waals surface area contributed by atoms with Gasteiger partial charge in [0.25, 0.3) is 0 Å². The summed E-state index contributed by atoms with van der Waals surface area (Å²) in [5.41, 5.74) is 6.72. The normalized spacial score (nSPS) is 11.3. The minimum Gasteiger partial charge on any atom is -0.443 e. The summed E-state index contributed by atoms with van der Waals surface area (Å²) in [6.45, 7) is 5.41. The Kier molecular flexibility index (Phi) is 3.29. The van der Waals surface area contributed by atoms with Gasteiger partial charge >= 0.3 is 6.09 Å². The van der Waals surface area contributed by atoms with Gasteiger partial charge in [0.1, 0.15) is 5.60 Å². The molecule has 0 amide bonds. The van der Waals surface area contributed by atoms with Crippen LogP contribution in [0.25, 0.3) is 11.3 Å². The third kappa shape index (κ3) is 3.13. The average Bonchev–Trinajstić information content (AvgIpc) is 2.70.